The summed E-state index contributed by atoms with van der Waals surface area (Å²) in [6, 6.07) is 23.2. The second-order valence-corrected chi connectivity index (χ2v) is 5.65. The largest absolute Gasteiger partial charge is 0.289 e. The van der Waals surface area contributed by atoms with Gasteiger partial charge in [0.1, 0.15) is 11.0 Å². The Hall–Kier alpha value is -3.53. The summed E-state index contributed by atoms with van der Waals surface area (Å²) in [5.41, 5.74) is 5.11. The normalized spacial score (nSPS) is 11.2. The van der Waals surface area contributed by atoms with Gasteiger partial charge in [-0.15, -0.1) is 0 Å². The fourth-order valence-electron chi connectivity index (χ4n) is 2.63. The number of fused-ring (bicyclic) bond motifs is 1. The molecule has 3 aromatic carbocycles. The number of nitrogens with zero attached hydrogens (tertiary/aromatic N) is 2. The van der Waals surface area contributed by atoms with E-state index >= 15 is 0 Å². The molecule has 0 N–H and O–H groups in total. The van der Waals surface area contributed by atoms with Gasteiger partial charge in [0.05, 0.1) is 0 Å². The molecule has 25 heavy (non-hydrogen) atoms. The standard InChI is InChI=1S/C21H14N2O2/c24-21(13-7-15-6-12-19-20(14-15)23-25-22-19)18-10-8-17(9-11-18)16-4-2-1-3-5-16/h1-14H. The molecule has 4 rings (SSSR count). The molecular weight excluding hydrogens is 312 g/mol. The molecule has 0 spiro atoms. The van der Waals surface area contributed by atoms with Crippen molar-refractivity contribution in [1.29, 1.82) is 0 Å². The predicted octanol–water partition coefficient (Wildman–Crippen LogP) is 4.79. The fraction of sp³-hybridized carbons (Fsp3) is 0. The van der Waals surface area contributed by atoms with Gasteiger partial charge in [-0.3, -0.25) is 4.79 Å². The van der Waals surface area contributed by atoms with E-state index in [-0.39, 0.29) is 5.78 Å². The summed E-state index contributed by atoms with van der Waals surface area (Å²) < 4.78 is 4.67. The average Bonchev–Trinajstić information content (AvgIpc) is 3.15. The highest BCUT2D eigenvalue weighted by molar-refractivity contribution is 6.07. The Labute approximate surface area is 144 Å². The number of benzene rings is 3. The van der Waals surface area contributed by atoms with Gasteiger partial charge in [-0.05, 0) is 45.2 Å². The third kappa shape index (κ3) is 3.23. The number of allylic oxidation sites excluding steroid dienone is 1. The van der Waals surface area contributed by atoms with Crippen molar-refractivity contribution in [3.05, 3.63) is 90.0 Å². The zero-order valence-corrected chi connectivity index (χ0v) is 13.3. The van der Waals surface area contributed by atoms with Crippen molar-refractivity contribution in [2.45, 2.75) is 0 Å². The summed E-state index contributed by atoms with van der Waals surface area (Å²) in [4.78, 5) is 12.3. The summed E-state index contributed by atoms with van der Waals surface area (Å²) in [7, 11) is 0. The molecule has 1 heterocycles. The van der Waals surface area contributed by atoms with Gasteiger partial charge in [-0.1, -0.05) is 66.7 Å². The molecule has 4 nitrogen and oxygen atoms in total. The molecule has 0 bridgehead atoms. The summed E-state index contributed by atoms with van der Waals surface area (Å²) >= 11 is 0. The molecule has 0 aliphatic heterocycles. The monoisotopic (exact) mass is 326 g/mol. The zero-order chi connectivity index (χ0) is 17.1. The maximum atomic E-state index is 12.3. The molecule has 1 aromatic heterocycles. The number of hydrogen-bond acceptors (Lipinski definition) is 4. The van der Waals surface area contributed by atoms with E-state index in [1.54, 1.807) is 12.2 Å². The Balaban J connectivity index is 1.52. The van der Waals surface area contributed by atoms with Crippen LogP contribution >= 0.6 is 0 Å². The molecule has 4 heteroatoms. The molecular formula is C21H14N2O2. The first kappa shape index (κ1) is 15.0. The van der Waals surface area contributed by atoms with Crippen LogP contribution in [0.3, 0.4) is 0 Å². The molecule has 120 valence electrons. The number of hydrogen-bond donors (Lipinski definition) is 0. The van der Waals surface area contributed by atoms with Crippen molar-refractivity contribution in [1.82, 2.24) is 10.3 Å². The maximum absolute atomic E-state index is 12.3. The van der Waals surface area contributed by atoms with E-state index in [2.05, 4.69) is 14.9 Å². The molecule has 0 atom stereocenters. The number of rotatable bonds is 4. The SMILES string of the molecule is O=C(C=Cc1ccc2nonc2c1)c1ccc(-c2ccccc2)cc1. The lowest BCUT2D eigenvalue weighted by Crippen LogP contribution is -1.93. The Bertz CT molecular complexity index is 1050. The van der Waals surface area contributed by atoms with E-state index in [0.717, 1.165) is 16.7 Å². The quantitative estimate of drug-likeness (QED) is 0.400. The fourth-order valence-corrected chi connectivity index (χ4v) is 2.63. The van der Waals surface area contributed by atoms with E-state index < -0.39 is 0 Å². The van der Waals surface area contributed by atoms with Crippen molar-refractivity contribution in [3.8, 4) is 11.1 Å². The van der Waals surface area contributed by atoms with Crippen LogP contribution < -0.4 is 0 Å². The molecule has 0 unspecified atom stereocenters. The van der Waals surface area contributed by atoms with Gasteiger partial charge in [0.15, 0.2) is 5.78 Å². The van der Waals surface area contributed by atoms with Crippen molar-refractivity contribution >= 4 is 22.9 Å². The van der Waals surface area contributed by atoms with Gasteiger partial charge < -0.3 is 0 Å². The Morgan fingerprint density at radius 3 is 2.32 bits per heavy atom. The molecule has 0 fully saturated rings. The lowest BCUT2D eigenvalue weighted by Gasteiger charge is -2.02. The van der Waals surface area contributed by atoms with Crippen LogP contribution in [0.2, 0.25) is 0 Å². The maximum Gasteiger partial charge on any atom is 0.185 e. The van der Waals surface area contributed by atoms with Gasteiger partial charge in [-0.2, -0.15) is 0 Å². The van der Waals surface area contributed by atoms with E-state index in [1.807, 2.05) is 72.8 Å². The van der Waals surface area contributed by atoms with Crippen LogP contribution in [0.25, 0.3) is 28.2 Å². The minimum Gasteiger partial charge on any atom is -0.289 e. The van der Waals surface area contributed by atoms with Gasteiger partial charge in [-0.25, -0.2) is 4.63 Å². The highest BCUT2D eigenvalue weighted by Crippen LogP contribution is 2.20. The molecule has 0 saturated heterocycles. The number of carbonyl (C=O) groups is 1. The highest BCUT2D eigenvalue weighted by atomic mass is 16.6. The van der Waals surface area contributed by atoms with Gasteiger partial charge in [0.25, 0.3) is 0 Å². The van der Waals surface area contributed by atoms with Crippen LogP contribution in [0.15, 0.2) is 83.5 Å². The van der Waals surface area contributed by atoms with E-state index in [4.69, 9.17) is 0 Å². The first-order valence-electron chi connectivity index (χ1n) is 7.90. The average molecular weight is 326 g/mol. The van der Waals surface area contributed by atoms with Crippen LogP contribution in [0, 0.1) is 0 Å². The van der Waals surface area contributed by atoms with Crippen LogP contribution in [-0.4, -0.2) is 16.1 Å². The molecule has 0 aliphatic rings. The van der Waals surface area contributed by atoms with Crippen molar-refractivity contribution in [2.24, 2.45) is 0 Å². The van der Waals surface area contributed by atoms with Gasteiger partial charge >= 0.3 is 0 Å². The lowest BCUT2D eigenvalue weighted by molar-refractivity contribution is 0.104. The molecule has 0 amide bonds. The second kappa shape index (κ2) is 6.53. The summed E-state index contributed by atoms with van der Waals surface area (Å²) in [6.07, 6.45) is 3.33. The molecule has 0 saturated carbocycles. The predicted molar refractivity (Wildman–Crippen MR) is 97.0 cm³/mol. The third-order valence-corrected chi connectivity index (χ3v) is 3.98. The Morgan fingerprint density at radius 1 is 0.800 bits per heavy atom. The zero-order valence-electron chi connectivity index (χ0n) is 13.3. The van der Waals surface area contributed by atoms with Crippen molar-refractivity contribution in [2.75, 3.05) is 0 Å². The smallest absolute Gasteiger partial charge is 0.185 e. The van der Waals surface area contributed by atoms with Crippen LogP contribution in [-0.2, 0) is 0 Å². The Morgan fingerprint density at radius 2 is 1.52 bits per heavy atom. The number of aromatic nitrogens is 2. The van der Waals surface area contributed by atoms with Gasteiger partial charge in [0.2, 0.25) is 0 Å². The first-order chi connectivity index (χ1) is 12.3. The summed E-state index contributed by atoms with van der Waals surface area (Å²) in [5.74, 6) is -0.0435. The Kier molecular flexibility index (Phi) is 3.92. The molecule has 0 aliphatic carbocycles. The van der Waals surface area contributed by atoms with Gasteiger partial charge in [0, 0.05) is 5.56 Å². The third-order valence-electron chi connectivity index (χ3n) is 3.98. The minimum absolute atomic E-state index is 0.0435. The number of ketones is 1. The minimum atomic E-state index is -0.0435. The van der Waals surface area contributed by atoms with Crippen molar-refractivity contribution in [3.63, 3.8) is 0 Å². The summed E-state index contributed by atoms with van der Waals surface area (Å²) in [5, 5.41) is 7.56. The topological polar surface area (TPSA) is 56.0 Å². The molecule has 0 radical (unpaired) electrons. The van der Waals surface area contributed by atoms with E-state index in [0.29, 0.717) is 16.6 Å². The number of carbonyl (C=O) groups excluding carboxylic acids is 1. The van der Waals surface area contributed by atoms with Crippen LogP contribution in [0.1, 0.15) is 15.9 Å². The van der Waals surface area contributed by atoms with E-state index in [1.165, 1.54) is 0 Å². The second-order valence-electron chi connectivity index (χ2n) is 5.65. The highest BCUT2D eigenvalue weighted by Gasteiger charge is 2.04. The first-order valence-corrected chi connectivity index (χ1v) is 7.90. The van der Waals surface area contributed by atoms with E-state index in [9.17, 15) is 4.79 Å². The molecule has 4 aromatic rings. The van der Waals surface area contributed by atoms with Crippen LogP contribution in [0.5, 0.6) is 0 Å². The summed E-state index contributed by atoms with van der Waals surface area (Å²) in [6.45, 7) is 0. The van der Waals surface area contributed by atoms with Crippen molar-refractivity contribution < 1.29 is 9.42 Å². The lowest BCUT2D eigenvalue weighted by atomic mass is 10.0. The van der Waals surface area contributed by atoms with Crippen LogP contribution in [0.4, 0.5) is 0 Å².